The van der Waals surface area contributed by atoms with Crippen LogP contribution >= 0.6 is 0 Å². The van der Waals surface area contributed by atoms with Gasteiger partial charge in [-0.3, -0.25) is 0 Å². The summed E-state index contributed by atoms with van der Waals surface area (Å²) in [6.07, 6.45) is 0. The van der Waals surface area contributed by atoms with E-state index in [0.717, 1.165) is 11.3 Å². The van der Waals surface area contributed by atoms with Crippen molar-refractivity contribution in [2.75, 3.05) is 0 Å². The van der Waals surface area contributed by atoms with Gasteiger partial charge in [-0.1, -0.05) is 36.4 Å². The van der Waals surface area contributed by atoms with Crippen LogP contribution in [0.1, 0.15) is 0 Å². The topological polar surface area (TPSA) is 17.8 Å². The Morgan fingerprint density at radius 1 is 0.944 bits per heavy atom. The quantitative estimate of drug-likeness (QED) is 0.450. The smallest absolute Gasteiger partial charge is 0.141 e. The largest absolute Gasteiger partial charge is 0.328 e. The van der Waals surface area contributed by atoms with E-state index in [0.29, 0.717) is 0 Å². The highest BCUT2D eigenvalue weighted by Crippen LogP contribution is 2.33. The Morgan fingerprint density at radius 3 is 2.67 bits per heavy atom. The third kappa shape index (κ3) is 1.15. The van der Waals surface area contributed by atoms with Gasteiger partial charge >= 0.3 is 0 Å². The number of aryl methyl sites for hydroxylation is 1. The molecular weight excluding hydrogens is 220 g/mol. The summed E-state index contributed by atoms with van der Waals surface area (Å²) in [5.74, 6) is 1.05. The van der Waals surface area contributed by atoms with E-state index in [1.54, 1.807) is 0 Å². The number of pyridine rings is 1. The number of para-hydroxylation sites is 2. The van der Waals surface area contributed by atoms with E-state index in [-0.39, 0.29) is 0 Å². The van der Waals surface area contributed by atoms with Crippen LogP contribution in [0.3, 0.4) is 0 Å². The van der Waals surface area contributed by atoms with E-state index in [1.165, 1.54) is 21.9 Å². The van der Waals surface area contributed by atoms with E-state index in [1.807, 2.05) is 6.07 Å². The molecule has 0 N–H and O–H groups in total. The van der Waals surface area contributed by atoms with Gasteiger partial charge in [-0.25, -0.2) is 4.98 Å². The highest BCUT2D eigenvalue weighted by atomic mass is 15.0. The molecule has 2 heterocycles. The zero-order chi connectivity index (χ0) is 12.1. The van der Waals surface area contributed by atoms with Crippen molar-refractivity contribution < 1.29 is 0 Å². The minimum absolute atomic E-state index is 1.05. The highest BCUT2D eigenvalue weighted by Gasteiger charge is 2.15. The molecule has 2 aliphatic heterocycles. The van der Waals surface area contributed by atoms with Gasteiger partial charge in [-0.2, -0.15) is 0 Å². The fourth-order valence-electron chi connectivity index (χ4n) is 2.68. The molecular formula is C16H12N2. The SMILES string of the molecule is Cn1c2nc3ccccc3c-2cc2ccccc21. The molecule has 0 aromatic heterocycles. The monoisotopic (exact) mass is 232 g/mol. The predicted molar refractivity (Wildman–Crippen MR) is 74.8 cm³/mol. The van der Waals surface area contributed by atoms with Crippen LogP contribution in [0.4, 0.5) is 0 Å². The molecule has 86 valence electrons. The Labute approximate surface area is 105 Å². The minimum Gasteiger partial charge on any atom is -0.328 e. The lowest BCUT2D eigenvalue weighted by molar-refractivity contribution is 0.939. The first kappa shape index (κ1) is 9.66. The van der Waals surface area contributed by atoms with Crippen LogP contribution in [0.25, 0.3) is 33.2 Å². The summed E-state index contributed by atoms with van der Waals surface area (Å²) in [5.41, 5.74) is 3.51. The fourth-order valence-corrected chi connectivity index (χ4v) is 2.68. The third-order valence-corrected chi connectivity index (χ3v) is 3.58. The number of fused-ring (bicyclic) bond motifs is 4. The lowest BCUT2D eigenvalue weighted by atomic mass is 10.1. The Kier molecular flexibility index (Phi) is 1.78. The second-order valence-corrected chi connectivity index (χ2v) is 4.63. The molecule has 2 aliphatic rings. The lowest BCUT2D eigenvalue weighted by Gasteiger charge is -2.10. The van der Waals surface area contributed by atoms with Crippen LogP contribution in [-0.2, 0) is 7.05 Å². The lowest BCUT2D eigenvalue weighted by Crippen LogP contribution is -1.98. The molecule has 0 aliphatic carbocycles. The minimum atomic E-state index is 1.05. The summed E-state index contributed by atoms with van der Waals surface area (Å²) in [7, 11) is 2.08. The molecule has 0 atom stereocenters. The molecule has 0 spiro atoms. The second kappa shape index (κ2) is 3.33. The molecule has 2 aromatic rings. The van der Waals surface area contributed by atoms with Crippen LogP contribution < -0.4 is 0 Å². The Bertz CT molecular complexity index is 842. The molecule has 2 heteroatoms. The predicted octanol–water partition coefficient (Wildman–Crippen LogP) is 3.83. The van der Waals surface area contributed by atoms with Crippen LogP contribution in [0.15, 0.2) is 54.6 Å². The molecule has 2 nitrogen and oxygen atoms in total. The van der Waals surface area contributed by atoms with Gasteiger partial charge in [0.05, 0.1) is 5.52 Å². The van der Waals surface area contributed by atoms with Gasteiger partial charge in [-0.15, -0.1) is 0 Å². The van der Waals surface area contributed by atoms with Crippen LogP contribution in [0.2, 0.25) is 0 Å². The number of rotatable bonds is 0. The van der Waals surface area contributed by atoms with E-state index < -0.39 is 0 Å². The molecule has 2 aromatic carbocycles. The van der Waals surface area contributed by atoms with E-state index in [9.17, 15) is 0 Å². The molecule has 0 bridgehead atoms. The summed E-state index contributed by atoms with van der Waals surface area (Å²) in [6.45, 7) is 0. The van der Waals surface area contributed by atoms with Crippen LogP contribution in [0, 0.1) is 0 Å². The third-order valence-electron chi connectivity index (χ3n) is 3.58. The Morgan fingerprint density at radius 2 is 1.72 bits per heavy atom. The first-order chi connectivity index (χ1) is 8.84. The summed E-state index contributed by atoms with van der Waals surface area (Å²) in [5, 5.41) is 2.49. The van der Waals surface area contributed by atoms with E-state index in [2.05, 4.69) is 60.1 Å². The molecule has 0 saturated heterocycles. The molecule has 0 fully saturated rings. The zero-order valence-electron chi connectivity index (χ0n) is 10.1. The average molecular weight is 232 g/mol. The molecule has 0 unspecified atom stereocenters. The fraction of sp³-hybridized carbons (Fsp3) is 0.0625. The summed E-state index contributed by atoms with van der Waals surface area (Å²) < 4.78 is 2.17. The van der Waals surface area contributed by atoms with Gasteiger partial charge in [0.15, 0.2) is 0 Å². The van der Waals surface area contributed by atoms with Gasteiger partial charge in [0.1, 0.15) is 5.82 Å². The van der Waals surface area contributed by atoms with Crippen LogP contribution in [-0.4, -0.2) is 9.55 Å². The summed E-state index contributed by atoms with van der Waals surface area (Å²) in [6, 6.07) is 19.0. The summed E-state index contributed by atoms with van der Waals surface area (Å²) >= 11 is 0. The van der Waals surface area contributed by atoms with E-state index in [4.69, 9.17) is 4.98 Å². The molecule has 0 radical (unpaired) electrons. The number of aromatic nitrogens is 2. The Balaban J connectivity index is 2.29. The molecule has 0 amide bonds. The van der Waals surface area contributed by atoms with Crippen molar-refractivity contribution >= 4 is 21.8 Å². The first-order valence-corrected chi connectivity index (χ1v) is 6.07. The normalized spacial score (nSPS) is 11.6. The van der Waals surface area contributed by atoms with E-state index >= 15 is 0 Å². The van der Waals surface area contributed by atoms with Crippen molar-refractivity contribution in [3.05, 3.63) is 54.6 Å². The van der Waals surface area contributed by atoms with Gasteiger partial charge in [0, 0.05) is 23.5 Å². The van der Waals surface area contributed by atoms with Crippen molar-refractivity contribution in [2.24, 2.45) is 7.05 Å². The second-order valence-electron chi connectivity index (χ2n) is 4.63. The maximum absolute atomic E-state index is 4.73. The number of hydrogen-bond acceptors (Lipinski definition) is 1. The van der Waals surface area contributed by atoms with Gasteiger partial charge in [0.25, 0.3) is 0 Å². The van der Waals surface area contributed by atoms with Crippen LogP contribution in [0.5, 0.6) is 0 Å². The molecule has 4 rings (SSSR count). The van der Waals surface area contributed by atoms with Gasteiger partial charge in [-0.05, 0) is 23.6 Å². The maximum Gasteiger partial charge on any atom is 0.141 e. The average Bonchev–Trinajstić information content (AvgIpc) is 2.79. The van der Waals surface area contributed by atoms with Crippen molar-refractivity contribution in [1.29, 1.82) is 0 Å². The molecule has 18 heavy (non-hydrogen) atoms. The zero-order valence-corrected chi connectivity index (χ0v) is 10.1. The summed E-state index contributed by atoms with van der Waals surface area (Å²) in [4.78, 5) is 4.73. The number of benzene rings is 2. The maximum atomic E-state index is 4.73. The van der Waals surface area contributed by atoms with Gasteiger partial charge < -0.3 is 4.57 Å². The first-order valence-electron chi connectivity index (χ1n) is 6.07. The van der Waals surface area contributed by atoms with Crippen molar-refractivity contribution in [2.45, 2.75) is 0 Å². The number of hydrogen-bond donors (Lipinski definition) is 0. The highest BCUT2D eigenvalue weighted by molar-refractivity contribution is 6.00. The Hall–Kier alpha value is -2.35. The standard InChI is InChI=1S/C16H12N2/c1-18-15-9-5-2-6-11(15)10-13-12-7-3-4-8-14(12)17-16(13)18/h2-10H,1H3. The number of nitrogens with zero attached hydrogens (tertiary/aromatic N) is 2. The van der Waals surface area contributed by atoms with Crippen molar-refractivity contribution in [3.8, 4) is 11.4 Å². The van der Waals surface area contributed by atoms with Gasteiger partial charge in [0.2, 0.25) is 0 Å². The molecule has 0 saturated carbocycles. The van der Waals surface area contributed by atoms with Crippen molar-refractivity contribution in [3.63, 3.8) is 0 Å². The van der Waals surface area contributed by atoms with Crippen molar-refractivity contribution in [1.82, 2.24) is 9.55 Å².